The number of unbranched alkanes of at least 4 members (excludes halogenated alkanes) is 12. The van der Waals surface area contributed by atoms with Crippen LogP contribution in [0.2, 0.25) is 0 Å². The van der Waals surface area contributed by atoms with Gasteiger partial charge < -0.3 is 4.74 Å². The Morgan fingerprint density at radius 2 is 1.22 bits per heavy atom. The summed E-state index contributed by atoms with van der Waals surface area (Å²) in [6, 6.07) is 6.19. The molecule has 0 aliphatic heterocycles. The summed E-state index contributed by atoms with van der Waals surface area (Å²) in [5, 5.41) is -0.929. The van der Waals surface area contributed by atoms with Crippen molar-refractivity contribution in [3.63, 3.8) is 0 Å². The molecule has 0 aromatic heterocycles. The second kappa shape index (κ2) is 17.4. The Balaban J connectivity index is 2.59. The summed E-state index contributed by atoms with van der Waals surface area (Å²) in [4.78, 5) is 0. The third-order valence-corrected chi connectivity index (χ3v) is 7.42. The van der Waals surface area contributed by atoms with E-state index in [-0.39, 0.29) is 6.61 Å². The molecule has 0 fully saturated rings. The highest BCUT2D eigenvalue weighted by atomic mass is 32.2. The van der Waals surface area contributed by atoms with Crippen molar-refractivity contribution in [3.05, 3.63) is 29.3 Å². The minimum absolute atomic E-state index is 0.0349. The highest BCUT2D eigenvalue weighted by molar-refractivity contribution is 7.86. The summed E-state index contributed by atoms with van der Waals surface area (Å²) >= 11 is 0. The summed E-state index contributed by atoms with van der Waals surface area (Å²) in [5.41, 5.74) is 2.74. The molecule has 1 atom stereocenters. The molecule has 1 aromatic rings. The van der Waals surface area contributed by atoms with Crippen LogP contribution in [0.3, 0.4) is 0 Å². The number of hydrogen-bond donors (Lipinski definition) is 1. The van der Waals surface area contributed by atoms with Crippen LogP contribution in [0.25, 0.3) is 0 Å². The fourth-order valence-electron chi connectivity index (χ4n) is 4.01. The van der Waals surface area contributed by atoms with Crippen LogP contribution >= 0.6 is 0 Å². The van der Waals surface area contributed by atoms with Crippen molar-refractivity contribution in [3.8, 4) is 5.75 Å². The molecule has 0 saturated carbocycles. The first-order valence-corrected chi connectivity index (χ1v) is 14.6. The first-order chi connectivity index (χ1) is 15.4. The average Bonchev–Trinajstić information content (AvgIpc) is 2.76. The Bertz CT molecular complexity index is 700. The van der Waals surface area contributed by atoms with Crippen molar-refractivity contribution in [2.24, 2.45) is 0 Å². The summed E-state index contributed by atoms with van der Waals surface area (Å²) in [6.45, 7) is 5.93. The van der Waals surface area contributed by atoms with E-state index in [0.717, 1.165) is 12.8 Å². The van der Waals surface area contributed by atoms with Gasteiger partial charge in [-0.25, -0.2) is 0 Å². The van der Waals surface area contributed by atoms with Crippen molar-refractivity contribution in [2.75, 3.05) is 6.61 Å². The van der Waals surface area contributed by atoms with E-state index in [4.69, 9.17) is 9.29 Å². The maximum absolute atomic E-state index is 11.2. The molecule has 1 N–H and O–H groups in total. The van der Waals surface area contributed by atoms with Gasteiger partial charge in [0.05, 0.1) is 0 Å². The first-order valence-electron chi connectivity index (χ1n) is 13.1. The standard InChI is InChI=1S/C27H48O4S/c1-4-6-8-10-12-14-16-18-25-20-21-27(31-23-24(3)32(28,29)30)22-26(25)19-17-15-13-11-9-7-5-2/h20-22,24H,4-19,23H2,1-3H3,(H,28,29,30). The van der Waals surface area contributed by atoms with Crippen LogP contribution in [0.4, 0.5) is 0 Å². The van der Waals surface area contributed by atoms with E-state index in [1.54, 1.807) is 0 Å². The molecule has 0 saturated heterocycles. The lowest BCUT2D eigenvalue weighted by Gasteiger charge is -2.15. The summed E-state index contributed by atoms with van der Waals surface area (Å²) in [5.74, 6) is 0.696. The Kier molecular flexibility index (Phi) is 15.8. The average molecular weight is 469 g/mol. The molecule has 0 aliphatic carbocycles. The number of rotatable bonds is 20. The minimum atomic E-state index is -4.07. The molecule has 1 rings (SSSR count). The van der Waals surface area contributed by atoms with E-state index >= 15 is 0 Å². The van der Waals surface area contributed by atoms with E-state index in [2.05, 4.69) is 26.0 Å². The Morgan fingerprint density at radius 3 is 1.72 bits per heavy atom. The van der Waals surface area contributed by atoms with Gasteiger partial charge >= 0.3 is 0 Å². The third kappa shape index (κ3) is 13.5. The van der Waals surface area contributed by atoms with Crippen LogP contribution in [0, 0.1) is 0 Å². The summed E-state index contributed by atoms with van der Waals surface area (Å²) in [7, 11) is -4.07. The van der Waals surface area contributed by atoms with E-state index in [9.17, 15) is 8.42 Å². The van der Waals surface area contributed by atoms with Crippen LogP contribution in [-0.4, -0.2) is 24.8 Å². The first kappa shape index (κ1) is 29.0. The van der Waals surface area contributed by atoms with Gasteiger partial charge in [0.2, 0.25) is 0 Å². The Labute approximate surface area is 198 Å². The topological polar surface area (TPSA) is 63.6 Å². The largest absolute Gasteiger partial charge is 0.492 e. The lowest BCUT2D eigenvalue weighted by atomic mass is 9.96. The van der Waals surface area contributed by atoms with Crippen molar-refractivity contribution >= 4 is 10.1 Å². The molecule has 0 heterocycles. The minimum Gasteiger partial charge on any atom is -0.492 e. The molecule has 0 bridgehead atoms. The second-order valence-electron chi connectivity index (χ2n) is 9.31. The van der Waals surface area contributed by atoms with Crippen molar-refractivity contribution in [1.82, 2.24) is 0 Å². The Morgan fingerprint density at radius 1 is 0.750 bits per heavy atom. The number of ether oxygens (including phenoxy) is 1. The molecule has 1 aromatic carbocycles. The van der Waals surface area contributed by atoms with E-state index in [1.165, 1.54) is 108 Å². The van der Waals surface area contributed by atoms with Crippen LogP contribution in [0.15, 0.2) is 18.2 Å². The third-order valence-electron chi connectivity index (χ3n) is 6.27. The van der Waals surface area contributed by atoms with E-state index < -0.39 is 15.4 Å². The molecule has 186 valence electrons. The zero-order valence-electron chi connectivity index (χ0n) is 20.9. The van der Waals surface area contributed by atoms with Crippen molar-refractivity contribution in [2.45, 2.75) is 129 Å². The van der Waals surface area contributed by atoms with Gasteiger partial charge in [-0.1, -0.05) is 97.0 Å². The SMILES string of the molecule is CCCCCCCCCc1ccc(OCC(C)S(=O)(=O)O)cc1CCCCCCCCC. The lowest BCUT2D eigenvalue weighted by Crippen LogP contribution is -2.24. The Hall–Kier alpha value is -1.07. The molecular formula is C27H48O4S. The highest BCUT2D eigenvalue weighted by Crippen LogP contribution is 2.23. The molecule has 32 heavy (non-hydrogen) atoms. The van der Waals surface area contributed by atoms with Crippen LogP contribution < -0.4 is 4.74 Å². The summed E-state index contributed by atoms with van der Waals surface area (Å²) < 4.78 is 37.4. The fourth-order valence-corrected chi connectivity index (χ4v) is 4.25. The maximum atomic E-state index is 11.2. The number of hydrogen-bond acceptors (Lipinski definition) is 3. The van der Waals surface area contributed by atoms with Gasteiger partial charge in [-0.05, 0) is 55.9 Å². The summed E-state index contributed by atoms with van der Waals surface area (Å²) in [6.07, 6.45) is 20.3. The van der Waals surface area contributed by atoms with Gasteiger partial charge in [0.25, 0.3) is 10.1 Å². The lowest BCUT2D eigenvalue weighted by molar-refractivity contribution is 0.310. The van der Waals surface area contributed by atoms with Crippen molar-refractivity contribution in [1.29, 1.82) is 0 Å². The van der Waals surface area contributed by atoms with Gasteiger partial charge in [0.1, 0.15) is 17.6 Å². The quantitative estimate of drug-likeness (QED) is 0.156. The smallest absolute Gasteiger partial charge is 0.270 e. The molecule has 0 spiro atoms. The molecule has 4 nitrogen and oxygen atoms in total. The molecule has 5 heteroatoms. The fraction of sp³-hybridized carbons (Fsp3) is 0.778. The zero-order chi connectivity index (χ0) is 23.7. The molecule has 1 unspecified atom stereocenters. The van der Waals surface area contributed by atoms with Gasteiger partial charge in [-0.2, -0.15) is 8.42 Å². The maximum Gasteiger partial charge on any atom is 0.270 e. The zero-order valence-corrected chi connectivity index (χ0v) is 21.7. The van der Waals surface area contributed by atoms with Crippen LogP contribution in [-0.2, 0) is 23.0 Å². The number of benzene rings is 1. The number of aryl methyl sites for hydroxylation is 2. The van der Waals surface area contributed by atoms with E-state index in [1.807, 2.05) is 6.07 Å². The van der Waals surface area contributed by atoms with Crippen LogP contribution in [0.5, 0.6) is 5.75 Å². The predicted molar refractivity (Wildman–Crippen MR) is 136 cm³/mol. The van der Waals surface area contributed by atoms with Gasteiger partial charge in [0, 0.05) is 0 Å². The van der Waals surface area contributed by atoms with Crippen molar-refractivity contribution < 1.29 is 17.7 Å². The second-order valence-corrected chi connectivity index (χ2v) is 11.1. The van der Waals surface area contributed by atoms with E-state index in [0.29, 0.717) is 5.75 Å². The van der Waals surface area contributed by atoms with Crippen LogP contribution in [0.1, 0.15) is 122 Å². The van der Waals surface area contributed by atoms with Gasteiger partial charge in [-0.3, -0.25) is 4.55 Å². The van der Waals surface area contributed by atoms with Gasteiger partial charge in [0.15, 0.2) is 0 Å². The molecular weight excluding hydrogens is 420 g/mol. The molecule has 0 aliphatic rings. The normalized spacial score (nSPS) is 12.8. The highest BCUT2D eigenvalue weighted by Gasteiger charge is 2.18. The monoisotopic (exact) mass is 468 g/mol. The molecule has 0 amide bonds. The predicted octanol–water partition coefficient (Wildman–Crippen LogP) is 7.93. The van der Waals surface area contributed by atoms with Gasteiger partial charge in [-0.15, -0.1) is 0 Å². The molecule has 0 radical (unpaired) electrons.